The normalized spacial score (nSPS) is 25.2. The van der Waals surface area contributed by atoms with E-state index in [0.29, 0.717) is 30.4 Å². The molecule has 2 unspecified atom stereocenters. The maximum Gasteiger partial charge on any atom is 0.255 e. The lowest BCUT2D eigenvalue weighted by atomic mass is 9.82. The lowest BCUT2D eigenvalue weighted by Gasteiger charge is -2.47. The van der Waals surface area contributed by atoms with Gasteiger partial charge in [-0.1, -0.05) is 18.6 Å². The number of carbonyl (C=O) groups excluding carboxylic acids is 1. The van der Waals surface area contributed by atoms with Crippen molar-refractivity contribution in [1.82, 2.24) is 15.5 Å². The van der Waals surface area contributed by atoms with Crippen molar-refractivity contribution in [2.75, 3.05) is 20.2 Å². The van der Waals surface area contributed by atoms with Crippen LogP contribution in [0.5, 0.6) is 5.75 Å². The minimum absolute atomic E-state index is 0.116. The first kappa shape index (κ1) is 20.5. The maximum absolute atomic E-state index is 10.9. The third-order valence-electron chi connectivity index (χ3n) is 5.72. The number of guanidine groups is 1. The third kappa shape index (κ3) is 5.61. The fraction of sp³-hybridized carbons (Fsp3) is 0.619. The maximum atomic E-state index is 10.9. The Hall–Kier alpha value is -2.28. The molecule has 3 rings (SSSR count). The lowest BCUT2D eigenvalue weighted by molar-refractivity contribution is -0.119. The van der Waals surface area contributed by atoms with Gasteiger partial charge in [0.2, 0.25) is 0 Å². The molecule has 2 aliphatic rings. The van der Waals surface area contributed by atoms with E-state index in [1.54, 1.807) is 0 Å². The van der Waals surface area contributed by atoms with Gasteiger partial charge in [-0.3, -0.25) is 4.79 Å². The van der Waals surface area contributed by atoms with E-state index in [1.807, 2.05) is 24.3 Å². The highest BCUT2D eigenvalue weighted by Gasteiger charge is 2.36. The molecule has 2 bridgehead atoms. The van der Waals surface area contributed by atoms with Gasteiger partial charge in [-0.05, 0) is 57.4 Å². The summed E-state index contributed by atoms with van der Waals surface area (Å²) in [5.74, 6) is 1.01. The number of primary amides is 1. The number of ether oxygens (including phenoxy) is 1. The summed E-state index contributed by atoms with van der Waals surface area (Å²) in [4.78, 5) is 18.2. The zero-order valence-corrected chi connectivity index (χ0v) is 17.0. The summed E-state index contributed by atoms with van der Waals surface area (Å²) in [5.41, 5.74) is 6.16. The van der Waals surface area contributed by atoms with Crippen molar-refractivity contribution in [2.45, 2.75) is 63.7 Å². The van der Waals surface area contributed by atoms with Crippen LogP contribution in [-0.4, -0.2) is 55.1 Å². The number of hydrogen-bond acceptors (Lipinski definition) is 4. The van der Waals surface area contributed by atoms with Gasteiger partial charge in [-0.2, -0.15) is 0 Å². The molecule has 28 heavy (non-hydrogen) atoms. The van der Waals surface area contributed by atoms with Gasteiger partial charge in [0, 0.05) is 24.7 Å². The van der Waals surface area contributed by atoms with Gasteiger partial charge >= 0.3 is 0 Å². The third-order valence-corrected chi connectivity index (χ3v) is 5.72. The smallest absolute Gasteiger partial charge is 0.255 e. The van der Waals surface area contributed by atoms with Gasteiger partial charge in [0.15, 0.2) is 12.6 Å². The zero-order valence-electron chi connectivity index (χ0n) is 17.0. The molecular weight excluding hydrogens is 354 g/mol. The minimum atomic E-state index is -0.482. The van der Waals surface area contributed by atoms with E-state index in [0.717, 1.165) is 18.1 Å². The molecule has 2 aliphatic heterocycles. The van der Waals surface area contributed by atoms with Crippen LogP contribution in [0.2, 0.25) is 0 Å². The number of nitrogens with zero attached hydrogens (tertiary/aromatic N) is 2. The van der Waals surface area contributed by atoms with Crippen LogP contribution < -0.4 is 21.1 Å². The Kier molecular flexibility index (Phi) is 7.14. The second-order valence-corrected chi connectivity index (χ2v) is 7.81. The van der Waals surface area contributed by atoms with Crippen LogP contribution in [0.15, 0.2) is 29.3 Å². The first-order valence-electron chi connectivity index (χ1n) is 10.3. The van der Waals surface area contributed by atoms with Crippen molar-refractivity contribution in [1.29, 1.82) is 0 Å². The van der Waals surface area contributed by atoms with Gasteiger partial charge in [0.25, 0.3) is 5.91 Å². The molecule has 0 aromatic heterocycles. The topological polar surface area (TPSA) is 92.0 Å². The molecule has 2 atom stereocenters. The number of hydrogen-bond donors (Lipinski definition) is 3. The Morgan fingerprint density at radius 3 is 2.75 bits per heavy atom. The highest BCUT2D eigenvalue weighted by atomic mass is 16.5. The molecular formula is C21H33N5O2. The Morgan fingerprint density at radius 2 is 2.07 bits per heavy atom. The average Bonchev–Trinajstić information content (AvgIpc) is 2.66. The van der Waals surface area contributed by atoms with Gasteiger partial charge in [0.1, 0.15) is 5.75 Å². The van der Waals surface area contributed by atoms with Crippen molar-refractivity contribution in [3.63, 3.8) is 0 Å². The van der Waals surface area contributed by atoms with E-state index in [2.05, 4.69) is 29.5 Å². The van der Waals surface area contributed by atoms with Crippen molar-refractivity contribution in [2.24, 2.45) is 10.7 Å². The van der Waals surface area contributed by atoms with Gasteiger partial charge in [-0.25, -0.2) is 4.99 Å². The fourth-order valence-corrected chi connectivity index (χ4v) is 4.31. The Labute approximate surface area is 167 Å². The molecule has 7 heteroatoms. The Bertz CT molecular complexity index is 679. The van der Waals surface area contributed by atoms with E-state index in [1.165, 1.54) is 32.1 Å². The van der Waals surface area contributed by atoms with Crippen molar-refractivity contribution < 1.29 is 9.53 Å². The SMILES string of the molecule is CCNC(=NCc1cccc(OCC(N)=O)c1)NC1CC2CCCC(C1)N2C. The van der Waals surface area contributed by atoms with Crippen LogP contribution in [0.3, 0.4) is 0 Å². The second-order valence-electron chi connectivity index (χ2n) is 7.81. The molecule has 4 N–H and O–H groups in total. The first-order valence-corrected chi connectivity index (χ1v) is 10.3. The summed E-state index contributed by atoms with van der Waals surface area (Å²) >= 11 is 0. The number of piperidine rings is 2. The first-order chi connectivity index (χ1) is 13.5. The highest BCUT2D eigenvalue weighted by molar-refractivity contribution is 5.80. The molecule has 1 aromatic rings. The summed E-state index contributed by atoms with van der Waals surface area (Å²) in [5, 5.41) is 7.02. The molecule has 1 aromatic carbocycles. The predicted molar refractivity (Wildman–Crippen MR) is 111 cm³/mol. The average molecular weight is 388 g/mol. The molecule has 2 fully saturated rings. The molecule has 0 spiro atoms. The summed E-state index contributed by atoms with van der Waals surface area (Å²) in [6.07, 6.45) is 6.31. The second kappa shape index (κ2) is 9.78. The lowest BCUT2D eigenvalue weighted by Crippen LogP contribution is -2.56. The van der Waals surface area contributed by atoms with Crippen LogP contribution in [0.4, 0.5) is 0 Å². The quantitative estimate of drug-likeness (QED) is 0.488. The monoisotopic (exact) mass is 387 g/mol. The number of nitrogens with two attached hydrogens (primary N) is 1. The predicted octanol–water partition coefficient (Wildman–Crippen LogP) is 1.62. The van der Waals surface area contributed by atoms with Crippen LogP contribution in [0.1, 0.15) is 44.6 Å². The number of fused-ring (bicyclic) bond motifs is 2. The van der Waals surface area contributed by atoms with Crippen LogP contribution in [-0.2, 0) is 11.3 Å². The molecule has 2 heterocycles. The number of rotatable bonds is 7. The highest BCUT2D eigenvalue weighted by Crippen LogP contribution is 2.32. The number of aliphatic imine (C=N–C) groups is 1. The van der Waals surface area contributed by atoms with E-state index < -0.39 is 5.91 Å². The van der Waals surface area contributed by atoms with Crippen molar-refractivity contribution in [3.8, 4) is 5.75 Å². The van der Waals surface area contributed by atoms with Crippen LogP contribution >= 0.6 is 0 Å². The van der Waals surface area contributed by atoms with Crippen LogP contribution in [0.25, 0.3) is 0 Å². The fourth-order valence-electron chi connectivity index (χ4n) is 4.31. The standard InChI is InChI=1S/C21H33N5O2/c1-3-23-21(25-16-11-17-7-5-8-18(12-16)26(17)2)24-13-15-6-4-9-19(10-15)28-14-20(22)27/h4,6,9-10,16-18H,3,5,7-8,11-14H2,1-2H3,(H2,22,27)(H2,23,24,25). The van der Waals surface area contributed by atoms with Gasteiger partial charge in [0.05, 0.1) is 6.54 Å². The molecule has 0 radical (unpaired) electrons. The molecule has 2 saturated heterocycles. The number of amides is 1. The van der Waals surface area contributed by atoms with E-state index in [4.69, 9.17) is 15.5 Å². The van der Waals surface area contributed by atoms with Crippen LogP contribution in [0, 0.1) is 0 Å². The van der Waals surface area contributed by atoms with Gasteiger partial charge < -0.3 is 26.0 Å². The number of nitrogens with one attached hydrogen (secondary N) is 2. The summed E-state index contributed by atoms with van der Waals surface area (Å²) < 4.78 is 5.38. The zero-order chi connectivity index (χ0) is 19.9. The number of benzene rings is 1. The molecule has 1 amide bonds. The molecule has 154 valence electrons. The van der Waals surface area contributed by atoms with Crippen molar-refractivity contribution >= 4 is 11.9 Å². The summed E-state index contributed by atoms with van der Waals surface area (Å²) in [6, 6.07) is 9.46. The summed E-state index contributed by atoms with van der Waals surface area (Å²) in [7, 11) is 2.28. The molecule has 7 nitrogen and oxygen atoms in total. The number of carbonyl (C=O) groups is 1. The Morgan fingerprint density at radius 1 is 1.32 bits per heavy atom. The van der Waals surface area contributed by atoms with Crippen molar-refractivity contribution in [3.05, 3.63) is 29.8 Å². The Balaban J connectivity index is 1.60. The van der Waals surface area contributed by atoms with E-state index in [9.17, 15) is 4.79 Å². The minimum Gasteiger partial charge on any atom is -0.484 e. The molecule has 0 aliphatic carbocycles. The molecule has 0 saturated carbocycles. The summed E-state index contributed by atoms with van der Waals surface area (Å²) in [6.45, 7) is 3.34. The largest absolute Gasteiger partial charge is 0.484 e. The van der Waals surface area contributed by atoms with Gasteiger partial charge in [-0.15, -0.1) is 0 Å². The van der Waals surface area contributed by atoms with E-state index in [-0.39, 0.29) is 6.61 Å². The van der Waals surface area contributed by atoms with E-state index >= 15 is 0 Å².